The minimum Gasteiger partial charge on any atom is -0.493 e. The third-order valence-corrected chi connectivity index (χ3v) is 4.08. The molecule has 0 amide bonds. The largest absolute Gasteiger partial charge is 0.493 e. The van der Waals surface area contributed by atoms with Gasteiger partial charge in [-0.3, -0.25) is 0 Å². The first-order valence-electron chi connectivity index (χ1n) is 9.26. The number of nitriles is 1. The van der Waals surface area contributed by atoms with Crippen molar-refractivity contribution in [1.29, 1.82) is 5.26 Å². The van der Waals surface area contributed by atoms with Crippen molar-refractivity contribution in [2.45, 2.75) is 20.8 Å². The van der Waals surface area contributed by atoms with Crippen molar-refractivity contribution in [1.82, 2.24) is 0 Å². The molecule has 0 N–H and O–H groups in total. The van der Waals surface area contributed by atoms with Crippen LogP contribution in [0.25, 0.3) is 6.08 Å². The minimum atomic E-state index is -0.710. The number of methoxy groups -OCH3 is 1. The van der Waals surface area contributed by atoms with Gasteiger partial charge in [-0.1, -0.05) is 24.3 Å². The van der Waals surface area contributed by atoms with E-state index in [4.69, 9.17) is 24.2 Å². The van der Waals surface area contributed by atoms with Gasteiger partial charge in [0.2, 0.25) is 0 Å². The number of para-hydroxylation sites is 1. The molecule has 30 heavy (non-hydrogen) atoms. The molecule has 0 saturated carbocycles. The second kappa shape index (κ2) is 10.7. The maximum Gasteiger partial charge on any atom is 0.349 e. The fourth-order valence-corrected chi connectivity index (χ4v) is 2.68. The zero-order valence-electron chi connectivity index (χ0n) is 17.4. The molecule has 2 rings (SSSR count). The summed E-state index contributed by atoms with van der Waals surface area (Å²) in [5.41, 5.74) is 2.21. The molecule has 7 nitrogen and oxygen atoms in total. The predicted molar refractivity (Wildman–Crippen MR) is 110 cm³/mol. The topological polar surface area (TPSA) is 94.9 Å². The van der Waals surface area contributed by atoms with Gasteiger partial charge in [0.15, 0.2) is 18.1 Å². The number of benzene rings is 2. The van der Waals surface area contributed by atoms with Crippen LogP contribution in [-0.4, -0.2) is 32.3 Å². The van der Waals surface area contributed by atoms with E-state index < -0.39 is 11.9 Å². The molecule has 0 radical (unpaired) electrons. The van der Waals surface area contributed by atoms with Crippen molar-refractivity contribution in [3.63, 3.8) is 0 Å². The van der Waals surface area contributed by atoms with Crippen LogP contribution in [0.1, 0.15) is 23.6 Å². The summed E-state index contributed by atoms with van der Waals surface area (Å²) in [7, 11) is 1.42. The van der Waals surface area contributed by atoms with Crippen LogP contribution >= 0.6 is 0 Å². The van der Waals surface area contributed by atoms with E-state index in [0.717, 1.165) is 11.1 Å². The second-order valence-electron chi connectivity index (χ2n) is 6.28. The van der Waals surface area contributed by atoms with Crippen molar-refractivity contribution >= 4 is 18.0 Å². The highest BCUT2D eigenvalue weighted by molar-refractivity contribution is 5.98. The SMILES string of the molecule is CCOC(=O)/C(C#N)=C/c1ccc(OC(=O)COc2c(C)cccc2C)c(OC)c1. The second-order valence-corrected chi connectivity index (χ2v) is 6.28. The average Bonchev–Trinajstić information content (AvgIpc) is 2.72. The molecule has 0 aliphatic rings. The van der Waals surface area contributed by atoms with Gasteiger partial charge in [0.25, 0.3) is 0 Å². The maximum absolute atomic E-state index is 12.2. The van der Waals surface area contributed by atoms with E-state index in [-0.39, 0.29) is 30.3 Å². The average molecular weight is 409 g/mol. The van der Waals surface area contributed by atoms with Crippen LogP contribution in [0.15, 0.2) is 42.0 Å². The van der Waals surface area contributed by atoms with Gasteiger partial charge in [0, 0.05) is 0 Å². The molecule has 7 heteroatoms. The van der Waals surface area contributed by atoms with Gasteiger partial charge in [0.1, 0.15) is 17.4 Å². The zero-order chi connectivity index (χ0) is 22.1. The molecule has 0 spiro atoms. The summed E-state index contributed by atoms with van der Waals surface area (Å²) >= 11 is 0. The lowest BCUT2D eigenvalue weighted by atomic mass is 10.1. The number of hydrogen-bond donors (Lipinski definition) is 0. The van der Waals surface area contributed by atoms with Crippen molar-refractivity contribution in [2.24, 2.45) is 0 Å². The Morgan fingerprint density at radius 1 is 1.10 bits per heavy atom. The molecule has 2 aromatic rings. The zero-order valence-corrected chi connectivity index (χ0v) is 17.4. The van der Waals surface area contributed by atoms with Crippen molar-refractivity contribution in [3.8, 4) is 23.3 Å². The molecule has 0 aliphatic heterocycles. The Morgan fingerprint density at radius 2 is 1.80 bits per heavy atom. The Balaban J connectivity index is 2.12. The van der Waals surface area contributed by atoms with E-state index in [1.165, 1.54) is 19.3 Å². The van der Waals surface area contributed by atoms with E-state index in [2.05, 4.69) is 0 Å². The summed E-state index contributed by atoms with van der Waals surface area (Å²) in [6, 6.07) is 12.2. The molecule has 156 valence electrons. The van der Waals surface area contributed by atoms with E-state index in [1.54, 1.807) is 25.1 Å². The summed E-state index contributed by atoms with van der Waals surface area (Å²) in [5, 5.41) is 9.14. The molecule has 0 saturated heterocycles. The first-order valence-corrected chi connectivity index (χ1v) is 9.26. The van der Waals surface area contributed by atoms with Crippen molar-refractivity contribution in [3.05, 3.63) is 58.7 Å². The Bertz CT molecular complexity index is 983. The first-order chi connectivity index (χ1) is 14.4. The molecule has 0 fully saturated rings. The van der Waals surface area contributed by atoms with Gasteiger partial charge in [-0.2, -0.15) is 5.26 Å². The van der Waals surface area contributed by atoms with Gasteiger partial charge in [-0.05, 0) is 55.7 Å². The number of nitrogens with zero attached hydrogens (tertiary/aromatic N) is 1. The number of carbonyl (C=O) groups is 2. The highest BCUT2D eigenvalue weighted by Gasteiger charge is 2.14. The van der Waals surface area contributed by atoms with Gasteiger partial charge in [-0.15, -0.1) is 0 Å². The molecular weight excluding hydrogens is 386 g/mol. The maximum atomic E-state index is 12.2. The molecule has 0 atom stereocenters. The summed E-state index contributed by atoms with van der Waals surface area (Å²) in [6.07, 6.45) is 1.37. The summed E-state index contributed by atoms with van der Waals surface area (Å²) in [6.45, 7) is 5.35. The van der Waals surface area contributed by atoms with Gasteiger partial charge >= 0.3 is 11.9 Å². The molecule has 2 aromatic carbocycles. The van der Waals surface area contributed by atoms with Crippen LogP contribution in [-0.2, 0) is 14.3 Å². The first kappa shape index (κ1) is 22.5. The van der Waals surface area contributed by atoms with Gasteiger partial charge < -0.3 is 18.9 Å². The van der Waals surface area contributed by atoms with Crippen LogP contribution in [0.5, 0.6) is 17.2 Å². The lowest BCUT2D eigenvalue weighted by Gasteiger charge is -2.13. The third kappa shape index (κ3) is 5.85. The Morgan fingerprint density at radius 3 is 2.40 bits per heavy atom. The molecule has 0 aromatic heterocycles. The Labute approximate surface area is 175 Å². The van der Waals surface area contributed by atoms with Gasteiger partial charge in [0.05, 0.1) is 13.7 Å². The molecule has 0 unspecified atom stereocenters. The quantitative estimate of drug-likeness (QED) is 0.283. The van der Waals surface area contributed by atoms with Crippen LogP contribution < -0.4 is 14.2 Å². The van der Waals surface area contributed by atoms with Crippen molar-refractivity contribution < 1.29 is 28.5 Å². The highest BCUT2D eigenvalue weighted by atomic mass is 16.6. The van der Waals surface area contributed by atoms with Crippen LogP contribution in [0.2, 0.25) is 0 Å². The lowest BCUT2D eigenvalue weighted by molar-refractivity contribution is -0.138. The Hall–Kier alpha value is -3.79. The number of ether oxygens (including phenoxy) is 4. The number of hydrogen-bond acceptors (Lipinski definition) is 7. The fraction of sp³-hybridized carbons (Fsp3) is 0.261. The number of carbonyl (C=O) groups excluding carboxylic acids is 2. The number of rotatable bonds is 8. The molecular formula is C23H23NO6. The molecule has 0 heterocycles. The molecule has 0 aliphatic carbocycles. The van der Waals surface area contributed by atoms with E-state index in [1.807, 2.05) is 32.0 Å². The van der Waals surface area contributed by atoms with Crippen molar-refractivity contribution in [2.75, 3.05) is 20.3 Å². The smallest absolute Gasteiger partial charge is 0.349 e. The van der Waals surface area contributed by atoms with E-state index in [0.29, 0.717) is 11.3 Å². The standard InChI is InChI=1S/C23H23NO6/c1-5-28-23(26)18(13-24)11-17-9-10-19(20(12-17)27-4)30-21(25)14-29-22-15(2)7-6-8-16(22)3/h6-12H,5,14H2,1-4H3/b18-11+. The van der Waals surface area contributed by atoms with Crippen LogP contribution in [0.3, 0.4) is 0 Å². The number of esters is 2. The third-order valence-electron chi connectivity index (χ3n) is 4.08. The minimum absolute atomic E-state index is 0.148. The van der Waals surface area contributed by atoms with E-state index >= 15 is 0 Å². The summed E-state index contributed by atoms with van der Waals surface area (Å²) in [5.74, 6) is -0.198. The van der Waals surface area contributed by atoms with E-state index in [9.17, 15) is 9.59 Å². The van der Waals surface area contributed by atoms with Crippen LogP contribution in [0.4, 0.5) is 0 Å². The lowest BCUT2D eigenvalue weighted by Crippen LogP contribution is -2.18. The predicted octanol–water partition coefficient (Wildman–Crippen LogP) is 3.77. The van der Waals surface area contributed by atoms with Crippen LogP contribution in [0, 0.1) is 25.2 Å². The fourth-order valence-electron chi connectivity index (χ4n) is 2.68. The highest BCUT2D eigenvalue weighted by Crippen LogP contribution is 2.29. The number of aryl methyl sites for hydroxylation is 2. The molecule has 0 bridgehead atoms. The monoisotopic (exact) mass is 409 g/mol. The summed E-state index contributed by atoms with van der Waals surface area (Å²) < 4.78 is 21.0. The summed E-state index contributed by atoms with van der Waals surface area (Å²) in [4.78, 5) is 24.0. The normalized spacial score (nSPS) is 10.7. The Kier molecular flexibility index (Phi) is 8.00. The van der Waals surface area contributed by atoms with Gasteiger partial charge in [-0.25, -0.2) is 9.59 Å².